The zero-order valence-electron chi connectivity index (χ0n) is 13.0. The summed E-state index contributed by atoms with van der Waals surface area (Å²) in [4.78, 5) is 16.5. The van der Waals surface area contributed by atoms with Crippen LogP contribution in [0.3, 0.4) is 0 Å². The fourth-order valence-corrected chi connectivity index (χ4v) is 2.97. The molecule has 0 aromatic heterocycles. The molecule has 0 aliphatic rings. The van der Waals surface area contributed by atoms with Gasteiger partial charge in [-0.15, -0.1) is 0 Å². The number of nitrogens with zero attached hydrogens (tertiary/aromatic N) is 2. The van der Waals surface area contributed by atoms with Crippen LogP contribution in [-0.2, 0) is 19.7 Å². The van der Waals surface area contributed by atoms with E-state index in [1.807, 2.05) is 6.07 Å². The predicted octanol–water partition coefficient (Wildman–Crippen LogP) is 1.17. The van der Waals surface area contributed by atoms with Gasteiger partial charge in [-0.1, -0.05) is 53.7 Å². The first kappa shape index (κ1) is 17.6. The van der Waals surface area contributed by atoms with Crippen molar-refractivity contribution < 1.29 is 18.0 Å². The Hall–Kier alpha value is -2.71. The lowest BCUT2D eigenvalue weighted by Gasteiger charge is -2.15. The van der Waals surface area contributed by atoms with Crippen molar-refractivity contribution in [2.75, 3.05) is 13.6 Å². The first-order chi connectivity index (χ1) is 11.4. The minimum absolute atomic E-state index is 0.0255. The van der Waals surface area contributed by atoms with Gasteiger partial charge < -0.3 is 10.6 Å². The second-order valence-corrected chi connectivity index (χ2v) is 6.92. The molecular weight excluding hydrogens is 330 g/mol. The summed E-state index contributed by atoms with van der Waals surface area (Å²) in [6.45, 7) is -0.483. The average Bonchev–Trinajstić information content (AvgIpc) is 2.61. The second kappa shape index (κ2) is 7.71. The third-order valence-corrected chi connectivity index (χ3v) is 4.94. The molecule has 0 radical (unpaired) electrons. The molecule has 0 saturated heterocycles. The molecule has 2 N–H and O–H groups in total. The highest BCUT2D eigenvalue weighted by molar-refractivity contribution is 7.89. The number of sulfonamides is 1. The van der Waals surface area contributed by atoms with Crippen molar-refractivity contribution in [2.45, 2.75) is 4.90 Å². The highest BCUT2D eigenvalue weighted by Crippen LogP contribution is 2.13. The number of amidine groups is 1. The zero-order chi connectivity index (χ0) is 17.6. The topological polar surface area (TPSA) is 102 Å². The molecule has 126 valence electrons. The molecule has 0 atom stereocenters. The van der Waals surface area contributed by atoms with Gasteiger partial charge in [-0.2, -0.15) is 4.31 Å². The standard InChI is InChI=1S/C16H17N3O4S/c1-19(24(21,22)14-10-6-3-7-11-14)12-15(20)23-18-16(17)13-8-4-2-5-9-13/h2-11H,12H2,1H3,(H2,17,18). The minimum Gasteiger partial charge on any atom is -0.380 e. The van der Waals surface area contributed by atoms with Gasteiger partial charge in [0, 0.05) is 12.6 Å². The van der Waals surface area contributed by atoms with Crippen molar-refractivity contribution in [2.24, 2.45) is 10.9 Å². The quantitative estimate of drug-likeness (QED) is 0.366. The zero-order valence-corrected chi connectivity index (χ0v) is 13.8. The normalized spacial score (nSPS) is 12.2. The van der Waals surface area contributed by atoms with Gasteiger partial charge in [-0.05, 0) is 12.1 Å². The number of hydrogen-bond acceptors (Lipinski definition) is 5. The van der Waals surface area contributed by atoms with Crippen LogP contribution in [0, 0.1) is 0 Å². The van der Waals surface area contributed by atoms with Crippen LogP contribution in [0.4, 0.5) is 0 Å². The molecule has 0 heterocycles. The number of hydrogen-bond donors (Lipinski definition) is 1. The Morgan fingerprint density at radius 2 is 1.62 bits per heavy atom. The van der Waals surface area contributed by atoms with Gasteiger partial charge in [0.15, 0.2) is 5.84 Å². The molecule has 0 aliphatic heterocycles. The minimum atomic E-state index is -3.77. The molecular formula is C16H17N3O4S. The number of carbonyl (C=O) groups is 1. The average molecular weight is 347 g/mol. The molecule has 2 aromatic rings. The highest BCUT2D eigenvalue weighted by Gasteiger charge is 2.23. The van der Waals surface area contributed by atoms with Gasteiger partial charge in [0.2, 0.25) is 10.0 Å². The fourth-order valence-electron chi connectivity index (χ4n) is 1.83. The van der Waals surface area contributed by atoms with E-state index in [9.17, 15) is 13.2 Å². The van der Waals surface area contributed by atoms with Crippen LogP contribution < -0.4 is 5.73 Å². The first-order valence-electron chi connectivity index (χ1n) is 7.01. The maximum atomic E-state index is 12.3. The van der Waals surface area contributed by atoms with E-state index in [2.05, 4.69) is 9.99 Å². The summed E-state index contributed by atoms with van der Waals surface area (Å²) in [6.07, 6.45) is 0. The summed E-state index contributed by atoms with van der Waals surface area (Å²) in [5, 5.41) is 3.53. The van der Waals surface area contributed by atoms with Crippen LogP contribution >= 0.6 is 0 Å². The molecule has 24 heavy (non-hydrogen) atoms. The third kappa shape index (κ3) is 4.40. The number of likely N-dealkylation sites (N-methyl/N-ethyl adjacent to an activating group) is 1. The largest absolute Gasteiger partial charge is 0.380 e. The lowest BCUT2D eigenvalue weighted by atomic mass is 10.2. The molecule has 2 rings (SSSR count). The molecule has 0 amide bonds. The van der Waals surface area contributed by atoms with Crippen LogP contribution in [0.15, 0.2) is 70.7 Å². The molecule has 7 nitrogen and oxygen atoms in total. The van der Waals surface area contributed by atoms with E-state index in [-0.39, 0.29) is 10.7 Å². The fraction of sp³-hybridized carbons (Fsp3) is 0.125. The maximum absolute atomic E-state index is 12.3. The summed E-state index contributed by atoms with van der Waals surface area (Å²) in [5.41, 5.74) is 6.28. The molecule has 2 aromatic carbocycles. The maximum Gasteiger partial charge on any atom is 0.350 e. The molecule has 8 heteroatoms. The monoisotopic (exact) mass is 347 g/mol. The lowest BCUT2D eigenvalue weighted by molar-refractivity contribution is -0.143. The molecule has 0 fully saturated rings. The van der Waals surface area contributed by atoms with Crippen molar-refractivity contribution in [3.8, 4) is 0 Å². The van der Waals surface area contributed by atoms with Gasteiger partial charge in [0.1, 0.15) is 6.54 Å². The Bertz CT molecular complexity index is 821. The summed E-state index contributed by atoms with van der Waals surface area (Å²) < 4.78 is 25.5. The summed E-state index contributed by atoms with van der Waals surface area (Å²) in [7, 11) is -2.49. The molecule has 0 bridgehead atoms. The van der Waals surface area contributed by atoms with Crippen LogP contribution in [0.1, 0.15) is 5.56 Å². The van der Waals surface area contributed by atoms with Crippen molar-refractivity contribution >= 4 is 21.8 Å². The van der Waals surface area contributed by atoms with Crippen molar-refractivity contribution in [3.63, 3.8) is 0 Å². The van der Waals surface area contributed by atoms with Crippen molar-refractivity contribution in [1.82, 2.24) is 4.31 Å². The Labute approximate surface area is 140 Å². The van der Waals surface area contributed by atoms with E-state index in [1.54, 1.807) is 42.5 Å². The first-order valence-corrected chi connectivity index (χ1v) is 8.45. The molecule has 0 aliphatic carbocycles. The van der Waals surface area contributed by atoms with Crippen molar-refractivity contribution in [1.29, 1.82) is 0 Å². The summed E-state index contributed by atoms with van der Waals surface area (Å²) >= 11 is 0. The number of carbonyl (C=O) groups excluding carboxylic acids is 1. The smallest absolute Gasteiger partial charge is 0.350 e. The predicted molar refractivity (Wildman–Crippen MR) is 89.5 cm³/mol. The van der Waals surface area contributed by atoms with E-state index in [0.29, 0.717) is 5.56 Å². The summed E-state index contributed by atoms with van der Waals surface area (Å²) in [5.74, 6) is -0.812. The van der Waals surface area contributed by atoms with Gasteiger partial charge in [-0.3, -0.25) is 0 Å². The molecule has 0 spiro atoms. The van der Waals surface area contributed by atoms with Crippen LogP contribution in [0.5, 0.6) is 0 Å². The van der Waals surface area contributed by atoms with E-state index >= 15 is 0 Å². The van der Waals surface area contributed by atoms with E-state index in [1.165, 1.54) is 19.2 Å². The lowest BCUT2D eigenvalue weighted by Crippen LogP contribution is -2.32. The number of benzene rings is 2. The summed E-state index contributed by atoms with van der Waals surface area (Å²) in [6, 6.07) is 16.6. The van der Waals surface area contributed by atoms with Gasteiger partial charge in [0.05, 0.1) is 4.90 Å². The van der Waals surface area contributed by atoms with Gasteiger partial charge in [-0.25, -0.2) is 13.2 Å². The van der Waals surface area contributed by atoms with E-state index in [0.717, 1.165) is 4.31 Å². The number of oxime groups is 1. The van der Waals surface area contributed by atoms with Gasteiger partial charge in [0.25, 0.3) is 0 Å². The van der Waals surface area contributed by atoms with E-state index < -0.39 is 22.5 Å². The second-order valence-electron chi connectivity index (χ2n) is 4.88. The van der Waals surface area contributed by atoms with Crippen LogP contribution in [-0.4, -0.2) is 38.1 Å². The Morgan fingerprint density at radius 3 is 2.21 bits per heavy atom. The third-order valence-electron chi connectivity index (χ3n) is 3.12. The SMILES string of the molecule is CN(CC(=O)ON=C(N)c1ccccc1)S(=O)(=O)c1ccccc1. The Morgan fingerprint density at radius 1 is 1.08 bits per heavy atom. The highest BCUT2D eigenvalue weighted by atomic mass is 32.2. The van der Waals surface area contributed by atoms with Crippen LogP contribution in [0.2, 0.25) is 0 Å². The number of rotatable bonds is 6. The van der Waals surface area contributed by atoms with Crippen molar-refractivity contribution in [3.05, 3.63) is 66.2 Å². The van der Waals surface area contributed by atoms with Gasteiger partial charge >= 0.3 is 5.97 Å². The Kier molecular flexibility index (Phi) is 5.67. The molecule has 0 unspecified atom stereocenters. The molecule has 0 saturated carbocycles. The Balaban J connectivity index is 1.99. The number of nitrogens with two attached hydrogens (primary N) is 1. The van der Waals surface area contributed by atoms with Crippen LogP contribution in [0.25, 0.3) is 0 Å². The van der Waals surface area contributed by atoms with E-state index in [4.69, 9.17) is 5.73 Å².